The minimum absolute atomic E-state index is 0.346. The van der Waals surface area contributed by atoms with Gasteiger partial charge in [0.05, 0.1) is 16.5 Å². The van der Waals surface area contributed by atoms with Crippen LogP contribution in [0.15, 0.2) is 12.3 Å². The number of hydrogen-bond acceptors (Lipinski definition) is 2. The third-order valence-electron chi connectivity index (χ3n) is 2.74. The molecule has 0 radical (unpaired) electrons. The molecule has 0 aliphatic heterocycles. The zero-order valence-corrected chi connectivity index (χ0v) is 8.18. The van der Waals surface area contributed by atoms with Crippen molar-refractivity contribution in [2.45, 2.75) is 24.7 Å². The Morgan fingerprint density at radius 2 is 2.29 bits per heavy atom. The summed E-state index contributed by atoms with van der Waals surface area (Å²) in [6, 6.07) is 3.67. The van der Waals surface area contributed by atoms with E-state index >= 15 is 0 Å². The van der Waals surface area contributed by atoms with Crippen LogP contribution < -0.4 is 0 Å². The first kappa shape index (κ1) is 9.42. The van der Waals surface area contributed by atoms with Crippen LogP contribution in [0.1, 0.15) is 24.8 Å². The lowest BCUT2D eigenvalue weighted by atomic mass is 9.66. The zero-order chi connectivity index (χ0) is 10.2. The van der Waals surface area contributed by atoms with Crippen LogP contribution in [0.4, 0.5) is 4.39 Å². The molecule has 0 unspecified atom stereocenters. The summed E-state index contributed by atoms with van der Waals surface area (Å²) in [4.78, 5) is 3.52. The lowest BCUT2D eigenvalue weighted by Crippen LogP contribution is -2.33. The molecule has 2 nitrogen and oxygen atoms in total. The van der Waals surface area contributed by atoms with Gasteiger partial charge in [0.2, 0.25) is 5.95 Å². The summed E-state index contributed by atoms with van der Waals surface area (Å²) in [6.07, 6.45) is 3.61. The van der Waals surface area contributed by atoms with Crippen molar-refractivity contribution in [2.24, 2.45) is 0 Å². The molecule has 1 heterocycles. The monoisotopic (exact) mass is 210 g/mol. The van der Waals surface area contributed by atoms with Crippen molar-refractivity contribution >= 4 is 11.6 Å². The van der Waals surface area contributed by atoms with Gasteiger partial charge in [-0.1, -0.05) is 11.6 Å². The summed E-state index contributed by atoms with van der Waals surface area (Å²) in [6.45, 7) is 0. The largest absolute Gasteiger partial charge is 0.226 e. The molecule has 1 aliphatic carbocycles. The first-order valence-electron chi connectivity index (χ1n) is 4.41. The minimum Gasteiger partial charge on any atom is -0.226 e. The van der Waals surface area contributed by atoms with Gasteiger partial charge in [-0.25, -0.2) is 4.98 Å². The number of pyridine rings is 1. The average molecular weight is 211 g/mol. The van der Waals surface area contributed by atoms with Gasteiger partial charge in [0.1, 0.15) is 0 Å². The molecule has 14 heavy (non-hydrogen) atoms. The van der Waals surface area contributed by atoms with Crippen LogP contribution in [0.5, 0.6) is 0 Å². The smallest absolute Gasteiger partial charge is 0.217 e. The Morgan fingerprint density at radius 3 is 2.79 bits per heavy atom. The molecule has 4 heteroatoms. The van der Waals surface area contributed by atoms with Gasteiger partial charge < -0.3 is 0 Å². The van der Waals surface area contributed by atoms with Crippen LogP contribution in [0, 0.1) is 17.3 Å². The second kappa shape index (κ2) is 3.21. The SMILES string of the molecule is N#CC1(c2cc(Cl)cnc2F)CCC1. The first-order chi connectivity index (χ1) is 6.68. The molecule has 0 saturated heterocycles. The molecule has 1 aliphatic rings. The van der Waals surface area contributed by atoms with Crippen LogP contribution in [-0.4, -0.2) is 4.98 Å². The number of hydrogen-bond donors (Lipinski definition) is 0. The number of halogens is 2. The van der Waals surface area contributed by atoms with Gasteiger partial charge in [0, 0.05) is 11.8 Å². The lowest BCUT2D eigenvalue weighted by molar-refractivity contribution is 0.310. The molecule has 1 aromatic heterocycles. The summed E-state index contributed by atoms with van der Waals surface area (Å²) in [5, 5.41) is 9.40. The number of rotatable bonds is 1. The molecule has 0 atom stereocenters. The summed E-state index contributed by atoms with van der Waals surface area (Å²) in [7, 11) is 0. The maximum atomic E-state index is 13.4. The maximum Gasteiger partial charge on any atom is 0.217 e. The molecular weight excluding hydrogens is 203 g/mol. The Labute approximate surface area is 86.3 Å². The van der Waals surface area contributed by atoms with Crippen molar-refractivity contribution in [1.29, 1.82) is 5.26 Å². The standard InChI is InChI=1S/C10H8ClFN2/c11-7-4-8(9(12)14-5-7)10(6-13)2-1-3-10/h4-5H,1-3H2. The van der Waals surface area contributed by atoms with Crippen molar-refractivity contribution in [3.8, 4) is 6.07 Å². The Hall–Kier alpha value is -1.14. The van der Waals surface area contributed by atoms with E-state index in [1.54, 1.807) is 0 Å². The average Bonchev–Trinajstić information content (AvgIpc) is 2.10. The summed E-state index contributed by atoms with van der Waals surface area (Å²) in [5.74, 6) is -0.573. The molecule has 0 bridgehead atoms. The Balaban J connectivity index is 2.50. The topological polar surface area (TPSA) is 36.7 Å². The van der Waals surface area contributed by atoms with E-state index in [4.69, 9.17) is 16.9 Å². The fraction of sp³-hybridized carbons (Fsp3) is 0.400. The molecule has 1 aromatic rings. The second-order valence-corrected chi connectivity index (χ2v) is 3.98. The van der Waals surface area contributed by atoms with Crippen molar-refractivity contribution < 1.29 is 4.39 Å². The molecule has 0 N–H and O–H groups in total. The molecule has 1 saturated carbocycles. The highest BCUT2D eigenvalue weighted by atomic mass is 35.5. The van der Waals surface area contributed by atoms with E-state index in [1.807, 2.05) is 0 Å². The van der Waals surface area contributed by atoms with Crippen molar-refractivity contribution in [1.82, 2.24) is 4.98 Å². The lowest BCUT2D eigenvalue weighted by Gasteiger charge is -2.35. The van der Waals surface area contributed by atoms with Gasteiger partial charge in [0.25, 0.3) is 0 Å². The summed E-state index contributed by atoms with van der Waals surface area (Å²) < 4.78 is 13.4. The molecule has 1 fully saturated rings. The van der Waals surface area contributed by atoms with E-state index in [9.17, 15) is 4.39 Å². The van der Waals surface area contributed by atoms with Crippen LogP contribution >= 0.6 is 11.6 Å². The summed E-state index contributed by atoms with van der Waals surface area (Å²) in [5.41, 5.74) is -0.333. The Bertz CT molecular complexity index is 407. The van der Waals surface area contributed by atoms with Crippen LogP contribution in [0.25, 0.3) is 0 Å². The fourth-order valence-corrected chi connectivity index (χ4v) is 1.89. The van der Waals surface area contributed by atoms with Gasteiger partial charge in [-0.15, -0.1) is 0 Å². The molecule has 72 valence electrons. The molecule has 0 amide bonds. The normalized spacial score (nSPS) is 18.4. The molecular formula is C10H8ClFN2. The number of nitrogens with zero attached hydrogens (tertiary/aromatic N) is 2. The highest BCUT2D eigenvalue weighted by molar-refractivity contribution is 6.30. The van der Waals surface area contributed by atoms with E-state index in [0.29, 0.717) is 23.4 Å². The predicted molar refractivity (Wildman–Crippen MR) is 50.3 cm³/mol. The van der Waals surface area contributed by atoms with Gasteiger partial charge in [0.15, 0.2) is 0 Å². The van der Waals surface area contributed by atoms with Gasteiger partial charge >= 0.3 is 0 Å². The van der Waals surface area contributed by atoms with Crippen molar-refractivity contribution in [2.75, 3.05) is 0 Å². The van der Waals surface area contributed by atoms with E-state index in [2.05, 4.69) is 11.1 Å². The highest BCUT2D eigenvalue weighted by Gasteiger charge is 2.41. The fourth-order valence-electron chi connectivity index (χ4n) is 1.73. The van der Waals surface area contributed by atoms with Crippen molar-refractivity contribution in [3.63, 3.8) is 0 Å². The Kier molecular flexibility index (Phi) is 2.16. The van der Waals surface area contributed by atoms with Crippen LogP contribution in [0.2, 0.25) is 5.02 Å². The van der Waals surface area contributed by atoms with Gasteiger partial charge in [-0.05, 0) is 25.3 Å². The van der Waals surface area contributed by atoms with Gasteiger partial charge in [-0.2, -0.15) is 9.65 Å². The molecule has 0 spiro atoms. The van der Waals surface area contributed by atoms with E-state index in [0.717, 1.165) is 6.42 Å². The third kappa shape index (κ3) is 1.27. The second-order valence-electron chi connectivity index (χ2n) is 3.54. The quantitative estimate of drug-likeness (QED) is 0.669. The predicted octanol–water partition coefficient (Wildman–Crippen LogP) is 2.82. The number of aromatic nitrogens is 1. The minimum atomic E-state index is -0.679. The third-order valence-corrected chi connectivity index (χ3v) is 2.95. The summed E-state index contributed by atoms with van der Waals surface area (Å²) >= 11 is 5.72. The highest BCUT2D eigenvalue weighted by Crippen LogP contribution is 2.44. The van der Waals surface area contributed by atoms with E-state index in [-0.39, 0.29) is 0 Å². The molecule has 0 aromatic carbocycles. The van der Waals surface area contributed by atoms with Crippen LogP contribution in [0.3, 0.4) is 0 Å². The Morgan fingerprint density at radius 1 is 1.57 bits per heavy atom. The van der Waals surface area contributed by atoms with E-state index < -0.39 is 11.4 Å². The van der Waals surface area contributed by atoms with Gasteiger partial charge in [-0.3, -0.25) is 0 Å². The van der Waals surface area contributed by atoms with Crippen LogP contribution in [-0.2, 0) is 5.41 Å². The number of nitriles is 1. The molecule has 2 rings (SSSR count). The zero-order valence-electron chi connectivity index (χ0n) is 7.43. The maximum absolute atomic E-state index is 13.4. The van der Waals surface area contributed by atoms with Crippen molar-refractivity contribution in [3.05, 3.63) is 28.8 Å². The van der Waals surface area contributed by atoms with E-state index in [1.165, 1.54) is 12.3 Å². The first-order valence-corrected chi connectivity index (χ1v) is 4.78.